The number of hydrogen-bond donors (Lipinski definition) is 0. The van der Waals surface area contributed by atoms with Crippen LogP contribution in [0.1, 0.15) is 49.0 Å². The zero-order valence-corrected chi connectivity index (χ0v) is 12.7. The molecule has 4 saturated carbocycles. The van der Waals surface area contributed by atoms with Crippen molar-refractivity contribution in [2.45, 2.75) is 38.5 Å². The lowest BCUT2D eigenvalue weighted by molar-refractivity contribution is -0.0355. The highest BCUT2D eigenvalue weighted by molar-refractivity contribution is 6.00. The first-order valence-corrected chi connectivity index (χ1v) is 8.48. The van der Waals surface area contributed by atoms with Gasteiger partial charge in [0.05, 0.1) is 17.2 Å². The molecule has 0 atom stereocenters. The molecule has 4 fully saturated rings. The fourth-order valence-corrected chi connectivity index (χ4v) is 5.73. The van der Waals surface area contributed by atoms with E-state index in [-0.39, 0.29) is 11.2 Å². The maximum atomic E-state index is 13.2. The van der Waals surface area contributed by atoms with E-state index in [4.69, 9.17) is 0 Å². The summed E-state index contributed by atoms with van der Waals surface area (Å²) < 4.78 is 0. The maximum Gasteiger partial charge on any atom is 0.188 e. The van der Waals surface area contributed by atoms with Gasteiger partial charge in [0.15, 0.2) is 5.78 Å². The van der Waals surface area contributed by atoms with Gasteiger partial charge in [-0.15, -0.1) is 0 Å². The van der Waals surface area contributed by atoms with Gasteiger partial charge in [0.25, 0.3) is 0 Å². The zero-order valence-electron chi connectivity index (χ0n) is 12.7. The van der Waals surface area contributed by atoms with E-state index in [9.17, 15) is 4.79 Å². The number of Topliss-reactive ketones (excluding diaryl/α,β-unsaturated/α-hetero) is 1. The Labute approximate surface area is 130 Å². The molecule has 0 saturated heterocycles. The Balaban J connectivity index is 1.55. The van der Waals surface area contributed by atoms with Gasteiger partial charge < -0.3 is 0 Å². The maximum absolute atomic E-state index is 13.2. The molecule has 1 aromatic carbocycles. The van der Waals surface area contributed by atoms with E-state index in [1.807, 2.05) is 24.3 Å². The Morgan fingerprint density at radius 3 is 2.18 bits per heavy atom. The highest BCUT2D eigenvalue weighted by Gasteiger charge is 2.54. The van der Waals surface area contributed by atoms with E-state index in [1.54, 1.807) is 6.20 Å². The second kappa shape index (κ2) is 4.37. The molecule has 0 spiro atoms. The van der Waals surface area contributed by atoms with Crippen molar-refractivity contribution in [3.8, 4) is 0 Å². The summed E-state index contributed by atoms with van der Waals surface area (Å²) in [5.74, 6) is 2.61. The van der Waals surface area contributed by atoms with Gasteiger partial charge in [-0.1, -0.05) is 12.1 Å². The molecule has 4 bridgehead atoms. The Morgan fingerprint density at radius 2 is 1.55 bits per heavy atom. The van der Waals surface area contributed by atoms with Gasteiger partial charge in [0.2, 0.25) is 0 Å². The van der Waals surface area contributed by atoms with Gasteiger partial charge >= 0.3 is 0 Å². The Kier molecular flexibility index (Phi) is 2.53. The molecular weight excluding hydrogens is 272 g/mol. The smallest absolute Gasteiger partial charge is 0.188 e. The summed E-state index contributed by atoms with van der Waals surface area (Å²) in [5.41, 5.74) is 2.16. The van der Waals surface area contributed by atoms with E-state index in [0.29, 0.717) is 5.69 Å². The van der Waals surface area contributed by atoms with Crippen LogP contribution in [0, 0.1) is 23.2 Å². The van der Waals surface area contributed by atoms with Crippen LogP contribution in [0.5, 0.6) is 0 Å². The first-order valence-electron chi connectivity index (χ1n) is 8.48. The van der Waals surface area contributed by atoms with E-state index in [1.165, 1.54) is 19.3 Å². The highest BCUT2D eigenvalue weighted by atomic mass is 16.1. The Bertz CT molecular complexity index is 732. The number of carbonyl (C=O) groups excluding carboxylic acids is 1. The van der Waals surface area contributed by atoms with E-state index in [2.05, 4.69) is 9.97 Å². The number of rotatable bonds is 2. The zero-order chi connectivity index (χ0) is 14.7. The highest BCUT2D eigenvalue weighted by Crippen LogP contribution is 2.60. The van der Waals surface area contributed by atoms with Crippen molar-refractivity contribution in [2.24, 2.45) is 23.2 Å². The minimum Gasteiger partial charge on any atom is -0.292 e. The molecule has 112 valence electrons. The van der Waals surface area contributed by atoms with Crippen molar-refractivity contribution >= 4 is 16.8 Å². The molecule has 4 aliphatic carbocycles. The van der Waals surface area contributed by atoms with Crippen LogP contribution in [0.3, 0.4) is 0 Å². The lowest BCUT2D eigenvalue weighted by Crippen LogP contribution is -2.50. The van der Waals surface area contributed by atoms with Gasteiger partial charge in [-0.25, -0.2) is 4.98 Å². The first kappa shape index (κ1) is 12.7. The molecule has 0 N–H and O–H groups in total. The molecule has 0 aliphatic heterocycles. The normalized spacial score (nSPS) is 35.9. The summed E-state index contributed by atoms with van der Waals surface area (Å²) in [6.45, 7) is 0. The Hall–Kier alpha value is -1.77. The monoisotopic (exact) mass is 292 g/mol. The third-order valence-corrected chi connectivity index (χ3v) is 6.20. The number of aromatic nitrogens is 2. The van der Waals surface area contributed by atoms with E-state index in [0.717, 1.165) is 48.0 Å². The standard InChI is InChI=1S/C19H20N2O/c22-18(17-11-20-15-3-1-2-4-16(15)21-17)19-8-12-5-13(9-19)7-14(6-12)10-19/h1-4,11-14H,5-10H2. The number of nitrogens with zero attached hydrogens (tertiary/aromatic N) is 2. The van der Waals surface area contributed by atoms with Crippen molar-refractivity contribution in [1.29, 1.82) is 0 Å². The summed E-state index contributed by atoms with van der Waals surface area (Å²) in [5, 5.41) is 0. The number of hydrogen-bond acceptors (Lipinski definition) is 3. The summed E-state index contributed by atoms with van der Waals surface area (Å²) in [7, 11) is 0. The van der Waals surface area contributed by atoms with Gasteiger partial charge in [0, 0.05) is 5.41 Å². The van der Waals surface area contributed by atoms with Crippen molar-refractivity contribution in [2.75, 3.05) is 0 Å². The number of para-hydroxylation sites is 2. The predicted octanol–water partition coefficient (Wildman–Crippen LogP) is 4.03. The molecule has 2 aromatic rings. The third-order valence-electron chi connectivity index (χ3n) is 6.20. The van der Waals surface area contributed by atoms with E-state index >= 15 is 0 Å². The van der Waals surface area contributed by atoms with Gasteiger partial charge in [-0.05, 0) is 68.4 Å². The van der Waals surface area contributed by atoms with Gasteiger partial charge in [0.1, 0.15) is 5.69 Å². The van der Waals surface area contributed by atoms with Crippen molar-refractivity contribution in [3.63, 3.8) is 0 Å². The molecule has 22 heavy (non-hydrogen) atoms. The predicted molar refractivity (Wildman–Crippen MR) is 84.5 cm³/mol. The van der Waals surface area contributed by atoms with Crippen LogP contribution in [-0.2, 0) is 0 Å². The molecule has 0 amide bonds. The molecule has 3 nitrogen and oxygen atoms in total. The molecule has 0 unspecified atom stereocenters. The topological polar surface area (TPSA) is 42.9 Å². The van der Waals surface area contributed by atoms with Crippen LogP contribution in [0.25, 0.3) is 11.0 Å². The molecule has 4 aliphatic rings. The third kappa shape index (κ3) is 1.77. The molecule has 0 radical (unpaired) electrons. The second-order valence-electron chi connectivity index (χ2n) is 7.77. The number of ketones is 1. The van der Waals surface area contributed by atoms with Crippen LogP contribution < -0.4 is 0 Å². The fraction of sp³-hybridized carbons (Fsp3) is 0.526. The van der Waals surface area contributed by atoms with Crippen LogP contribution in [0.15, 0.2) is 30.5 Å². The molecule has 6 rings (SSSR count). The van der Waals surface area contributed by atoms with Crippen molar-refractivity contribution in [1.82, 2.24) is 9.97 Å². The number of carbonyl (C=O) groups is 1. The molecule has 3 heteroatoms. The summed E-state index contributed by atoms with van der Waals surface area (Å²) >= 11 is 0. The SMILES string of the molecule is O=C(c1cnc2ccccc2n1)C12CC3CC(CC(C3)C1)C2. The average molecular weight is 292 g/mol. The average Bonchev–Trinajstić information content (AvgIpc) is 2.52. The van der Waals surface area contributed by atoms with E-state index < -0.39 is 0 Å². The minimum absolute atomic E-state index is 0.119. The first-order chi connectivity index (χ1) is 10.7. The van der Waals surface area contributed by atoms with Crippen molar-refractivity contribution < 1.29 is 4.79 Å². The molecule has 1 aromatic heterocycles. The summed E-state index contributed by atoms with van der Waals surface area (Å²) in [4.78, 5) is 22.3. The summed E-state index contributed by atoms with van der Waals surface area (Å²) in [6, 6.07) is 7.80. The van der Waals surface area contributed by atoms with Gasteiger partial charge in [-0.3, -0.25) is 9.78 Å². The van der Waals surface area contributed by atoms with Crippen LogP contribution in [0.4, 0.5) is 0 Å². The van der Waals surface area contributed by atoms with Gasteiger partial charge in [-0.2, -0.15) is 0 Å². The number of fused-ring (bicyclic) bond motifs is 1. The quantitative estimate of drug-likeness (QED) is 0.785. The lowest BCUT2D eigenvalue weighted by Gasteiger charge is -2.55. The summed E-state index contributed by atoms with van der Waals surface area (Å²) in [6.07, 6.45) is 9.04. The molecular formula is C19H20N2O. The fourth-order valence-electron chi connectivity index (χ4n) is 5.73. The van der Waals surface area contributed by atoms with Crippen LogP contribution in [-0.4, -0.2) is 15.8 Å². The van der Waals surface area contributed by atoms with Crippen molar-refractivity contribution in [3.05, 3.63) is 36.2 Å². The number of benzene rings is 1. The van der Waals surface area contributed by atoms with Crippen LogP contribution in [0.2, 0.25) is 0 Å². The van der Waals surface area contributed by atoms with Crippen LogP contribution >= 0.6 is 0 Å². The largest absolute Gasteiger partial charge is 0.292 e. The minimum atomic E-state index is -0.119. The molecule has 1 heterocycles. The Morgan fingerprint density at radius 1 is 0.955 bits per heavy atom. The second-order valence-corrected chi connectivity index (χ2v) is 7.77. The lowest BCUT2D eigenvalue weighted by atomic mass is 9.48.